The third-order valence-electron chi connectivity index (χ3n) is 3.21. The summed E-state index contributed by atoms with van der Waals surface area (Å²) in [5.41, 5.74) is 0.970. The number of urea groups is 1. The van der Waals surface area contributed by atoms with Crippen LogP contribution in [-0.2, 0) is 16.3 Å². The molecule has 0 saturated carbocycles. The van der Waals surface area contributed by atoms with E-state index in [-0.39, 0.29) is 23.6 Å². The summed E-state index contributed by atoms with van der Waals surface area (Å²) >= 11 is 6.01. The third kappa shape index (κ3) is 4.38. The largest absolute Gasteiger partial charge is 0.338 e. The Hall–Kier alpha value is -1.27. The van der Waals surface area contributed by atoms with Gasteiger partial charge in [0.15, 0.2) is 9.84 Å². The molecule has 0 aliphatic carbocycles. The van der Waals surface area contributed by atoms with E-state index in [0.717, 1.165) is 5.56 Å². The lowest BCUT2D eigenvalue weighted by molar-refractivity contribution is 0.238. The van der Waals surface area contributed by atoms with Crippen molar-refractivity contribution in [2.75, 3.05) is 18.1 Å². The van der Waals surface area contributed by atoms with Gasteiger partial charge in [0.05, 0.1) is 11.5 Å². The fourth-order valence-corrected chi connectivity index (χ4v) is 4.06. The van der Waals surface area contributed by atoms with Gasteiger partial charge in [-0.15, -0.1) is 0 Å². The van der Waals surface area contributed by atoms with E-state index >= 15 is 0 Å². The fourth-order valence-electron chi connectivity index (χ4n) is 2.16. The topological polar surface area (TPSA) is 75.3 Å². The molecule has 0 bridgehead atoms. The average molecular weight is 317 g/mol. The lowest BCUT2D eigenvalue weighted by atomic mass is 10.1. The predicted octanol–water partition coefficient (Wildman–Crippen LogP) is 1.37. The third-order valence-corrected chi connectivity index (χ3v) is 5.34. The van der Waals surface area contributed by atoms with Crippen LogP contribution in [0.1, 0.15) is 12.0 Å². The summed E-state index contributed by atoms with van der Waals surface area (Å²) in [6.07, 6.45) is 1.12. The molecule has 2 amide bonds. The van der Waals surface area contributed by atoms with Gasteiger partial charge in [-0.3, -0.25) is 0 Å². The molecule has 110 valence electrons. The number of benzene rings is 1. The summed E-state index contributed by atoms with van der Waals surface area (Å²) in [5.74, 6) is 0.183. The van der Waals surface area contributed by atoms with E-state index in [0.29, 0.717) is 24.4 Å². The molecule has 0 radical (unpaired) electrons. The number of hydrogen-bond acceptors (Lipinski definition) is 3. The second-order valence-corrected chi connectivity index (χ2v) is 7.48. The fraction of sp³-hybridized carbons (Fsp3) is 0.462. The smallest absolute Gasteiger partial charge is 0.315 e. The van der Waals surface area contributed by atoms with E-state index < -0.39 is 9.84 Å². The maximum Gasteiger partial charge on any atom is 0.315 e. The molecule has 0 spiro atoms. The van der Waals surface area contributed by atoms with Gasteiger partial charge >= 0.3 is 6.03 Å². The molecule has 1 saturated heterocycles. The number of nitrogens with one attached hydrogen (secondary N) is 2. The van der Waals surface area contributed by atoms with Crippen LogP contribution in [0.2, 0.25) is 5.02 Å². The minimum atomic E-state index is -2.97. The molecule has 1 heterocycles. The van der Waals surface area contributed by atoms with Gasteiger partial charge in [0.25, 0.3) is 0 Å². The van der Waals surface area contributed by atoms with Gasteiger partial charge < -0.3 is 10.6 Å². The van der Waals surface area contributed by atoms with Crippen molar-refractivity contribution in [3.8, 4) is 0 Å². The zero-order valence-corrected chi connectivity index (χ0v) is 12.5. The second kappa shape index (κ2) is 6.45. The van der Waals surface area contributed by atoms with Crippen LogP contribution >= 0.6 is 11.6 Å². The molecule has 1 aromatic rings. The first-order valence-electron chi connectivity index (χ1n) is 6.44. The zero-order valence-electron chi connectivity index (χ0n) is 10.9. The Balaban J connectivity index is 1.72. The van der Waals surface area contributed by atoms with Crippen molar-refractivity contribution in [2.45, 2.75) is 18.9 Å². The number of halogens is 1. The second-order valence-electron chi connectivity index (χ2n) is 4.84. The highest BCUT2D eigenvalue weighted by Crippen LogP contribution is 2.15. The number of sulfone groups is 1. The van der Waals surface area contributed by atoms with Crippen molar-refractivity contribution in [3.05, 3.63) is 34.9 Å². The van der Waals surface area contributed by atoms with Crippen molar-refractivity contribution in [1.82, 2.24) is 10.6 Å². The Labute approximate surface area is 123 Å². The van der Waals surface area contributed by atoms with Crippen molar-refractivity contribution in [3.63, 3.8) is 0 Å². The first-order chi connectivity index (χ1) is 9.46. The molecule has 1 aliphatic heterocycles. The molecule has 1 aromatic carbocycles. The summed E-state index contributed by atoms with van der Waals surface area (Å²) in [5, 5.41) is 6.06. The molecule has 7 heteroatoms. The van der Waals surface area contributed by atoms with Crippen molar-refractivity contribution in [1.29, 1.82) is 0 Å². The number of carbonyl (C=O) groups excluding carboxylic acids is 1. The van der Waals surface area contributed by atoms with Crippen LogP contribution in [0.5, 0.6) is 0 Å². The zero-order chi connectivity index (χ0) is 14.6. The van der Waals surface area contributed by atoms with Crippen LogP contribution in [0.15, 0.2) is 24.3 Å². The Morgan fingerprint density at radius 1 is 1.35 bits per heavy atom. The Kier molecular flexibility index (Phi) is 4.88. The lowest BCUT2D eigenvalue weighted by Gasteiger charge is -2.12. The van der Waals surface area contributed by atoms with Crippen molar-refractivity contribution >= 4 is 27.5 Å². The lowest BCUT2D eigenvalue weighted by Crippen LogP contribution is -2.43. The minimum absolute atomic E-state index is 0.0327. The van der Waals surface area contributed by atoms with Crippen LogP contribution in [0, 0.1) is 0 Å². The monoisotopic (exact) mass is 316 g/mol. The molecule has 1 unspecified atom stereocenters. The summed E-state index contributed by atoms with van der Waals surface area (Å²) in [4.78, 5) is 11.6. The van der Waals surface area contributed by atoms with Gasteiger partial charge in [-0.25, -0.2) is 13.2 Å². The highest BCUT2D eigenvalue weighted by atomic mass is 35.5. The van der Waals surface area contributed by atoms with E-state index in [1.807, 2.05) is 18.2 Å². The normalized spacial score (nSPS) is 20.6. The van der Waals surface area contributed by atoms with E-state index in [4.69, 9.17) is 11.6 Å². The maximum absolute atomic E-state index is 11.6. The Morgan fingerprint density at radius 2 is 2.10 bits per heavy atom. The highest BCUT2D eigenvalue weighted by molar-refractivity contribution is 7.91. The molecule has 2 rings (SSSR count). The molecule has 1 fully saturated rings. The molecular weight excluding hydrogens is 300 g/mol. The molecule has 20 heavy (non-hydrogen) atoms. The first kappa shape index (κ1) is 15.1. The predicted molar refractivity (Wildman–Crippen MR) is 78.7 cm³/mol. The summed E-state index contributed by atoms with van der Waals surface area (Å²) in [6.45, 7) is 0.453. The van der Waals surface area contributed by atoms with Gasteiger partial charge in [0, 0.05) is 17.6 Å². The van der Waals surface area contributed by atoms with Crippen LogP contribution in [-0.4, -0.2) is 38.5 Å². The number of rotatable bonds is 4. The van der Waals surface area contributed by atoms with Crippen LogP contribution in [0.25, 0.3) is 0 Å². The number of hydrogen-bond donors (Lipinski definition) is 2. The quantitative estimate of drug-likeness (QED) is 0.881. The molecule has 5 nitrogen and oxygen atoms in total. The van der Waals surface area contributed by atoms with Gasteiger partial charge in [0.2, 0.25) is 0 Å². The molecular formula is C13H17ClN2O3S. The van der Waals surface area contributed by atoms with Crippen molar-refractivity contribution in [2.24, 2.45) is 0 Å². The van der Waals surface area contributed by atoms with E-state index in [1.54, 1.807) is 6.07 Å². The average Bonchev–Trinajstić information content (AvgIpc) is 2.71. The minimum Gasteiger partial charge on any atom is -0.338 e. The van der Waals surface area contributed by atoms with E-state index in [9.17, 15) is 13.2 Å². The number of carbonyl (C=O) groups is 1. The molecule has 0 aromatic heterocycles. The van der Waals surface area contributed by atoms with E-state index in [2.05, 4.69) is 10.6 Å². The summed E-state index contributed by atoms with van der Waals surface area (Å²) < 4.78 is 22.5. The number of amides is 2. The van der Waals surface area contributed by atoms with Crippen LogP contribution < -0.4 is 10.6 Å². The molecule has 1 aliphatic rings. The van der Waals surface area contributed by atoms with Gasteiger partial charge in [0.1, 0.15) is 0 Å². The van der Waals surface area contributed by atoms with Gasteiger partial charge in [-0.2, -0.15) is 0 Å². The molecule has 2 N–H and O–H groups in total. The molecule has 1 atom stereocenters. The van der Waals surface area contributed by atoms with Crippen LogP contribution in [0.4, 0.5) is 4.79 Å². The van der Waals surface area contributed by atoms with Gasteiger partial charge in [-0.1, -0.05) is 29.8 Å². The summed E-state index contributed by atoms with van der Waals surface area (Å²) in [6, 6.07) is 6.85. The Bertz CT molecular complexity index is 589. The maximum atomic E-state index is 11.6. The first-order valence-corrected chi connectivity index (χ1v) is 8.64. The summed E-state index contributed by atoms with van der Waals surface area (Å²) in [7, 11) is -2.97. The Morgan fingerprint density at radius 3 is 2.75 bits per heavy atom. The standard InChI is InChI=1S/C13H17ClN2O3S/c14-12-4-2-1-3-10(12)5-7-15-13(17)16-11-6-8-20(18,19)9-11/h1-4,11H,5-9H2,(H2,15,16,17). The van der Waals surface area contributed by atoms with Crippen molar-refractivity contribution < 1.29 is 13.2 Å². The van der Waals surface area contributed by atoms with Crippen LogP contribution in [0.3, 0.4) is 0 Å². The SMILES string of the molecule is O=C(NCCc1ccccc1Cl)NC1CCS(=O)(=O)C1. The van der Waals surface area contributed by atoms with E-state index in [1.165, 1.54) is 0 Å². The highest BCUT2D eigenvalue weighted by Gasteiger charge is 2.28. The van der Waals surface area contributed by atoms with Gasteiger partial charge in [-0.05, 0) is 24.5 Å².